The summed E-state index contributed by atoms with van der Waals surface area (Å²) in [4.78, 5) is 3.27. The lowest BCUT2D eigenvalue weighted by molar-refractivity contribution is 0.344. The van der Waals surface area contributed by atoms with Crippen molar-refractivity contribution >= 4 is 32.7 Å². The summed E-state index contributed by atoms with van der Waals surface area (Å²) in [5, 5.41) is 7.69. The van der Waals surface area contributed by atoms with E-state index in [1.807, 2.05) is 6.07 Å². The molecular formula is C22H27N3O2S3. The van der Waals surface area contributed by atoms with Gasteiger partial charge >= 0.3 is 0 Å². The van der Waals surface area contributed by atoms with Crippen LogP contribution in [-0.2, 0) is 23.1 Å². The topological polar surface area (TPSA) is 61.4 Å². The second-order valence-corrected chi connectivity index (χ2v) is 11.4. The number of thiophene rings is 2. The van der Waals surface area contributed by atoms with Gasteiger partial charge in [-0.1, -0.05) is 24.3 Å². The van der Waals surface area contributed by atoms with Crippen LogP contribution in [0.3, 0.4) is 0 Å². The molecule has 30 heavy (non-hydrogen) atoms. The molecular weight excluding hydrogens is 434 g/mol. The molecule has 0 bridgehead atoms. The number of nitrogens with one attached hydrogen (secondary N) is 2. The van der Waals surface area contributed by atoms with Gasteiger partial charge in [0.2, 0.25) is 10.0 Å². The standard InChI is InChI=1S/C22H27N3O2S3/c26-30(27,24-10-13-25-11-1-2-12-25)22-8-7-21(29-22)20-5-3-18(4-6-20)15-23-16-19-9-14-28-17-19/h3-9,14,17,23-24H,1-2,10-13,15-16H2. The van der Waals surface area contributed by atoms with E-state index < -0.39 is 10.0 Å². The van der Waals surface area contributed by atoms with Crippen molar-refractivity contribution in [1.29, 1.82) is 0 Å². The molecule has 1 fully saturated rings. The predicted molar refractivity (Wildman–Crippen MR) is 125 cm³/mol. The molecule has 1 saturated heterocycles. The first-order valence-corrected chi connectivity index (χ1v) is 13.5. The number of nitrogens with zero attached hydrogens (tertiary/aromatic N) is 1. The molecule has 3 aromatic rings. The summed E-state index contributed by atoms with van der Waals surface area (Å²) in [7, 11) is -3.45. The summed E-state index contributed by atoms with van der Waals surface area (Å²) in [5.74, 6) is 0. The van der Waals surface area contributed by atoms with Crippen LogP contribution in [0, 0.1) is 0 Å². The molecule has 0 saturated carbocycles. The first-order chi connectivity index (χ1) is 14.6. The molecule has 0 aliphatic carbocycles. The van der Waals surface area contributed by atoms with E-state index in [9.17, 15) is 8.42 Å². The lowest BCUT2D eigenvalue weighted by Crippen LogP contribution is -2.33. The maximum Gasteiger partial charge on any atom is 0.250 e. The molecule has 1 aliphatic heterocycles. The average Bonchev–Trinajstić information content (AvgIpc) is 3.51. The summed E-state index contributed by atoms with van der Waals surface area (Å²) in [5.41, 5.74) is 3.56. The van der Waals surface area contributed by atoms with Gasteiger partial charge in [-0.25, -0.2) is 13.1 Å². The van der Waals surface area contributed by atoms with E-state index >= 15 is 0 Å². The van der Waals surface area contributed by atoms with Crippen molar-refractivity contribution in [3.8, 4) is 10.4 Å². The minimum absolute atomic E-state index is 0.375. The second-order valence-electron chi connectivity index (χ2n) is 7.50. The molecule has 1 aliphatic rings. The number of hydrogen-bond acceptors (Lipinski definition) is 6. The van der Waals surface area contributed by atoms with Crippen LogP contribution in [0.4, 0.5) is 0 Å². The van der Waals surface area contributed by atoms with E-state index in [1.54, 1.807) is 17.4 Å². The minimum Gasteiger partial charge on any atom is -0.309 e. The Bertz CT molecular complexity index is 1020. The summed E-state index contributed by atoms with van der Waals surface area (Å²) in [6.45, 7) is 5.06. The highest BCUT2D eigenvalue weighted by Crippen LogP contribution is 2.30. The second kappa shape index (κ2) is 10.2. The molecule has 160 valence electrons. The normalized spacial score (nSPS) is 15.1. The largest absolute Gasteiger partial charge is 0.309 e. The van der Waals surface area contributed by atoms with Crippen LogP contribution >= 0.6 is 22.7 Å². The van der Waals surface area contributed by atoms with Crippen molar-refractivity contribution in [2.24, 2.45) is 0 Å². The van der Waals surface area contributed by atoms with Crippen molar-refractivity contribution in [1.82, 2.24) is 14.9 Å². The lowest BCUT2D eigenvalue weighted by atomic mass is 10.1. The number of benzene rings is 1. The zero-order valence-electron chi connectivity index (χ0n) is 16.8. The van der Waals surface area contributed by atoms with Gasteiger partial charge in [0.15, 0.2) is 0 Å². The van der Waals surface area contributed by atoms with E-state index in [-0.39, 0.29) is 0 Å². The highest BCUT2D eigenvalue weighted by Gasteiger charge is 2.18. The van der Waals surface area contributed by atoms with Gasteiger partial charge in [0.05, 0.1) is 0 Å². The molecule has 0 atom stereocenters. The smallest absolute Gasteiger partial charge is 0.250 e. The zero-order valence-corrected chi connectivity index (χ0v) is 19.3. The summed E-state index contributed by atoms with van der Waals surface area (Å²) in [6, 6.07) is 14.0. The maximum atomic E-state index is 12.6. The quantitative estimate of drug-likeness (QED) is 0.476. The van der Waals surface area contributed by atoms with Gasteiger partial charge < -0.3 is 10.2 Å². The van der Waals surface area contributed by atoms with Crippen LogP contribution in [0.2, 0.25) is 0 Å². The van der Waals surface area contributed by atoms with Gasteiger partial charge in [-0.15, -0.1) is 11.3 Å². The van der Waals surface area contributed by atoms with Crippen LogP contribution in [0.25, 0.3) is 10.4 Å². The van der Waals surface area contributed by atoms with Crippen LogP contribution in [0.5, 0.6) is 0 Å². The van der Waals surface area contributed by atoms with Crippen molar-refractivity contribution in [3.63, 3.8) is 0 Å². The Morgan fingerprint density at radius 1 is 0.933 bits per heavy atom. The van der Waals surface area contributed by atoms with E-state index in [4.69, 9.17) is 0 Å². The van der Waals surface area contributed by atoms with Crippen LogP contribution < -0.4 is 10.0 Å². The lowest BCUT2D eigenvalue weighted by Gasteiger charge is -2.14. The Morgan fingerprint density at radius 2 is 1.70 bits per heavy atom. The third-order valence-corrected chi connectivity index (χ3v) is 9.06. The van der Waals surface area contributed by atoms with E-state index in [2.05, 4.69) is 56.0 Å². The fourth-order valence-corrected chi connectivity index (χ4v) is 6.61. The Morgan fingerprint density at radius 3 is 2.43 bits per heavy atom. The molecule has 0 radical (unpaired) electrons. The van der Waals surface area contributed by atoms with Gasteiger partial charge in [-0.3, -0.25) is 0 Å². The number of hydrogen-bond donors (Lipinski definition) is 2. The fourth-order valence-electron chi connectivity index (χ4n) is 3.57. The summed E-state index contributed by atoms with van der Waals surface area (Å²) < 4.78 is 28.3. The van der Waals surface area contributed by atoms with Gasteiger partial charge in [0.25, 0.3) is 0 Å². The fraction of sp³-hybridized carbons (Fsp3) is 0.364. The van der Waals surface area contributed by atoms with Crippen molar-refractivity contribution in [2.45, 2.75) is 30.1 Å². The highest BCUT2D eigenvalue weighted by molar-refractivity contribution is 7.91. The molecule has 2 N–H and O–H groups in total. The Hall–Kier alpha value is -1.55. The maximum absolute atomic E-state index is 12.6. The monoisotopic (exact) mass is 461 g/mol. The number of likely N-dealkylation sites (tertiary alicyclic amines) is 1. The molecule has 2 aromatic heterocycles. The third kappa shape index (κ3) is 5.78. The molecule has 3 heterocycles. The van der Waals surface area contributed by atoms with Gasteiger partial charge in [0, 0.05) is 31.1 Å². The molecule has 0 amide bonds. The van der Waals surface area contributed by atoms with Crippen LogP contribution in [0.1, 0.15) is 24.0 Å². The minimum atomic E-state index is -3.45. The predicted octanol–water partition coefficient (Wildman–Crippen LogP) is 4.14. The van der Waals surface area contributed by atoms with Crippen molar-refractivity contribution in [3.05, 3.63) is 64.4 Å². The van der Waals surface area contributed by atoms with E-state index in [1.165, 1.54) is 35.3 Å². The Labute approximate surface area is 186 Å². The first-order valence-electron chi connectivity index (χ1n) is 10.2. The van der Waals surface area contributed by atoms with Crippen LogP contribution in [-0.4, -0.2) is 39.5 Å². The SMILES string of the molecule is O=S(=O)(NCCN1CCCC1)c1ccc(-c2ccc(CNCc3ccsc3)cc2)s1. The van der Waals surface area contributed by atoms with Crippen molar-refractivity contribution < 1.29 is 8.42 Å². The molecule has 0 unspecified atom stereocenters. The van der Waals surface area contributed by atoms with Gasteiger partial charge in [-0.05, 0) is 71.6 Å². The average molecular weight is 462 g/mol. The Kier molecular flexibility index (Phi) is 7.35. The Balaban J connectivity index is 1.31. The molecule has 1 aromatic carbocycles. The third-order valence-electron chi connectivity index (χ3n) is 5.24. The number of sulfonamides is 1. The van der Waals surface area contributed by atoms with E-state index in [0.717, 1.165) is 43.2 Å². The summed E-state index contributed by atoms with van der Waals surface area (Å²) >= 11 is 3.03. The van der Waals surface area contributed by atoms with E-state index in [0.29, 0.717) is 10.8 Å². The van der Waals surface area contributed by atoms with Gasteiger partial charge in [-0.2, -0.15) is 11.3 Å². The highest BCUT2D eigenvalue weighted by atomic mass is 32.2. The molecule has 0 spiro atoms. The molecule has 8 heteroatoms. The van der Waals surface area contributed by atoms with Crippen molar-refractivity contribution in [2.75, 3.05) is 26.2 Å². The molecule has 5 nitrogen and oxygen atoms in total. The van der Waals surface area contributed by atoms with Crippen LogP contribution in [0.15, 0.2) is 57.4 Å². The summed E-state index contributed by atoms with van der Waals surface area (Å²) in [6.07, 6.45) is 2.43. The zero-order chi connectivity index (χ0) is 20.8. The molecule has 4 rings (SSSR count). The van der Waals surface area contributed by atoms with Gasteiger partial charge in [0.1, 0.15) is 4.21 Å². The first kappa shape index (κ1) is 21.7. The number of rotatable bonds is 10.